The molecule has 1 saturated heterocycles. The summed E-state index contributed by atoms with van der Waals surface area (Å²) in [6.45, 7) is 0.683. The quantitative estimate of drug-likeness (QED) is 0.651. The van der Waals surface area contributed by atoms with Gasteiger partial charge in [-0.05, 0) is 23.4 Å². The number of nitrogens with two attached hydrogens (primary N) is 1. The highest BCUT2D eigenvalue weighted by Gasteiger charge is 2.44. The Morgan fingerprint density at radius 3 is 2.60 bits per heavy atom. The van der Waals surface area contributed by atoms with Gasteiger partial charge in [0.1, 0.15) is 10.8 Å². The van der Waals surface area contributed by atoms with Crippen molar-refractivity contribution in [3.8, 4) is 0 Å². The molecule has 1 aromatic heterocycles. The normalized spacial score (nSPS) is 17.5. The highest BCUT2D eigenvalue weighted by Crippen LogP contribution is 2.27. The van der Waals surface area contributed by atoms with E-state index in [-0.39, 0.29) is 37.0 Å². The van der Waals surface area contributed by atoms with E-state index in [4.69, 9.17) is 10.5 Å². The minimum Gasteiger partial charge on any atom is -0.444 e. The van der Waals surface area contributed by atoms with Crippen LogP contribution in [0.1, 0.15) is 12.0 Å². The Balaban J connectivity index is 1.84. The van der Waals surface area contributed by atoms with Crippen LogP contribution in [0.15, 0.2) is 52.1 Å². The first kappa shape index (κ1) is 22.2. The average Bonchev–Trinajstić information content (AvgIpc) is 3.32. The van der Waals surface area contributed by atoms with Gasteiger partial charge in [0.25, 0.3) is 15.9 Å². The topological polar surface area (TPSA) is 122 Å². The molecule has 1 unspecified atom stereocenters. The summed E-state index contributed by atoms with van der Waals surface area (Å²) in [4.78, 5) is 26.8. The summed E-state index contributed by atoms with van der Waals surface area (Å²) in [6, 6.07) is 12.2. The predicted molar refractivity (Wildman–Crippen MR) is 112 cm³/mol. The lowest BCUT2D eigenvalue weighted by Crippen LogP contribution is -2.63. The number of carbonyl (C=O) groups excluding carboxylic acids is 2. The molecule has 1 aliphatic heterocycles. The summed E-state index contributed by atoms with van der Waals surface area (Å²) >= 11 is 1.06. The van der Waals surface area contributed by atoms with Crippen molar-refractivity contribution in [2.75, 3.05) is 26.2 Å². The smallest absolute Gasteiger partial charge is 0.411 e. The van der Waals surface area contributed by atoms with Crippen LogP contribution in [0.3, 0.4) is 0 Å². The van der Waals surface area contributed by atoms with Gasteiger partial charge in [-0.25, -0.2) is 13.2 Å². The first-order chi connectivity index (χ1) is 14.4. The van der Waals surface area contributed by atoms with E-state index in [2.05, 4.69) is 5.32 Å². The number of sulfonamides is 1. The molecule has 1 aromatic carbocycles. The zero-order valence-electron chi connectivity index (χ0n) is 16.3. The van der Waals surface area contributed by atoms with Gasteiger partial charge in [-0.15, -0.1) is 11.3 Å². The van der Waals surface area contributed by atoms with E-state index in [1.54, 1.807) is 11.4 Å². The Bertz CT molecular complexity index is 951. The molecule has 9 nitrogen and oxygen atoms in total. The van der Waals surface area contributed by atoms with Crippen molar-refractivity contribution in [3.05, 3.63) is 53.4 Å². The SMILES string of the molecule is NCCNC(=O)C1N(C(=O)OCc2ccccc2)CCCN1S(=O)(=O)c1cccs1. The van der Waals surface area contributed by atoms with Gasteiger partial charge in [0.05, 0.1) is 0 Å². The van der Waals surface area contributed by atoms with Crippen LogP contribution in [0.4, 0.5) is 4.79 Å². The Morgan fingerprint density at radius 1 is 1.17 bits per heavy atom. The minimum absolute atomic E-state index is 0.0188. The van der Waals surface area contributed by atoms with E-state index in [0.29, 0.717) is 6.42 Å². The molecule has 0 radical (unpaired) electrons. The van der Waals surface area contributed by atoms with Gasteiger partial charge >= 0.3 is 6.09 Å². The standard InChI is InChI=1S/C19H24N4O5S2/c20-9-10-21-17(24)18-22(19(25)28-14-15-6-2-1-3-7-15)11-5-12-23(18)30(26,27)16-8-4-13-29-16/h1-4,6-8,13,18H,5,9-12,14,20H2,(H,21,24). The molecule has 0 bridgehead atoms. The van der Waals surface area contributed by atoms with Crippen LogP contribution in [0.2, 0.25) is 0 Å². The molecule has 1 atom stereocenters. The van der Waals surface area contributed by atoms with Gasteiger partial charge in [-0.1, -0.05) is 36.4 Å². The van der Waals surface area contributed by atoms with Crippen molar-refractivity contribution < 1.29 is 22.7 Å². The second kappa shape index (κ2) is 10.0. The molecular formula is C19H24N4O5S2. The van der Waals surface area contributed by atoms with E-state index in [1.165, 1.54) is 6.07 Å². The lowest BCUT2D eigenvalue weighted by molar-refractivity contribution is -0.131. The maximum Gasteiger partial charge on any atom is 0.411 e. The van der Waals surface area contributed by atoms with E-state index in [0.717, 1.165) is 26.1 Å². The maximum absolute atomic E-state index is 13.1. The highest BCUT2D eigenvalue weighted by atomic mass is 32.2. The molecule has 2 heterocycles. The molecule has 0 saturated carbocycles. The van der Waals surface area contributed by atoms with Gasteiger partial charge in [-0.2, -0.15) is 4.31 Å². The number of thiophene rings is 1. The molecule has 11 heteroatoms. The largest absolute Gasteiger partial charge is 0.444 e. The summed E-state index contributed by atoms with van der Waals surface area (Å²) < 4.78 is 32.8. The zero-order chi connectivity index (χ0) is 21.6. The van der Waals surface area contributed by atoms with Crippen LogP contribution in [0.25, 0.3) is 0 Å². The van der Waals surface area contributed by atoms with Gasteiger partial charge in [0.15, 0.2) is 6.17 Å². The Hall–Kier alpha value is -2.47. The second-order valence-corrected chi connectivity index (χ2v) is 9.65. The van der Waals surface area contributed by atoms with Gasteiger partial charge in [0.2, 0.25) is 0 Å². The lowest BCUT2D eigenvalue weighted by atomic mass is 10.2. The molecule has 0 aliphatic carbocycles. The molecule has 30 heavy (non-hydrogen) atoms. The number of benzene rings is 1. The molecule has 2 amide bonds. The zero-order valence-corrected chi connectivity index (χ0v) is 17.9. The number of amides is 2. The maximum atomic E-state index is 13.1. The molecule has 3 N–H and O–H groups in total. The number of nitrogens with one attached hydrogen (secondary N) is 1. The third kappa shape index (κ3) is 4.98. The number of carbonyl (C=O) groups is 2. The highest BCUT2D eigenvalue weighted by molar-refractivity contribution is 7.91. The number of ether oxygens (including phenoxy) is 1. The van der Waals surface area contributed by atoms with Gasteiger partial charge < -0.3 is 15.8 Å². The Morgan fingerprint density at radius 2 is 1.93 bits per heavy atom. The van der Waals surface area contributed by atoms with Gasteiger partial charge in [0, 0.05) is 26.2 Å². The summed E-state index contributed by atoms with van der Waals surface area (Å²) in [6.07, 6.45) is -1.72. The van der Waals surface area contributed by atoms with Crippen molar-refractivity contribution >= 4 is 33.4 Å². The number of hydrogen-bond donors (Lipinski definition) is 2. The Kier molecular flexibility index (Phi) is 7.43. The van der Waals surface area contributed by atoms with Crippen LogP contribution in [0, 0.1) is 0 Å². The van der Waals surface area contributed by atoms with Crippen molar-refractivity contribution in [3.63, 3.8) is 0 Å². The number of nitrogens with zero attached hydrogens (tertiary/aromatic N) is 2. The Labute approximate surface area is 179 Å². The van der Waals surface area contributed by atoms with Crippen LogP contribution in [0.5, 0.6) is 0 Å². The fraction of sp³-hybridized carbons (Fsp3) is 0.368. The third-order valence-corrected chi connectivity index (χ3v) is 7.75. The van der Waals surface area contributed by atoms with Crippen molar-refractivity contribution in [1.29, 1.82) is 0 Å². The molecule has 1 fully saturated rings. The predicted octanol–water partition coefficient (Wildman–Crippen LogP) is 1.18. The number of hydrogen-bond acceptors (Lipinski definition) is 7. The first-order valence-electron chi connectivity index (χ1n) is 9.45. The van der Waals surface area contributed by atoms with Crippen molar-refractivity contribution in [1.82, 2.24) is 14.5 Å². The summed E-state index contributed by atoms with van der Waals surface area (Å²) in [7, 11) is -3.96. The van der Waals surface area contributed by atoms with Crippen LogP contribution in [-0.2, 0) is 26.2 Å². The van der Waals surface area contributed by atoms with E-state index < -0.39 is 28.2 Å². The fourth-order valence-electron chi connectivity index (χ4n) is 3.13. The second-order valence-electron chi connectivity index (χ2n) is 6.59. The molecule has 162 valence electrons. The van der Waals surface area contributed by atoms with E-state index in [1.807, 2.05) is 30.3 Å². The summed E-state index contributed by atoms with van der Waals surface area (Å²) in [5.41, 5.74) is 6.25. The monoisotopic (exact) mass is 452 g/mol. The molecule has 0 spiro atoms. The minimum atomic E-state index is -3.96. The first-order valence-corrected chi connectivity index (χ1v) is 11.8. The lowest BCUT2D eigenvalue weighted by Gasteiger charge is -2.40. The van der Waals surface area contributed by atoms with Crippen LogP contribution >= 0.6 is 11.3 Å². The van der Waals surface area contributed by atoms with E-state index >= 15 is 0 Å². The third-order valence-electron chi connectivity index (χ3n) is 4.52. The van der Waals surface area contributed by atoms with Gasteiger partial charge in [-0.3, -0.25) is 9.69 Å². The summed E-state index contributed by atoms with van der Waals surface area (Å²) in [5, 5.41) is 4.24. The fourth-order valence-corrected chi connectivity index (χ4v) is 5.84. The molecular weight excluding hydrogens is 428 g/mol. The summed E-state index contributed by atoms with van der Waals surface area (Å²) in [5.74, 6) is -0.614. The number of rotatable bonds is 7. The van der Waals surface area contributed by atoms with Crippen LogP contribution < -0.4 is 11.1 Å². The molecule has 1 aliphatic rings. The van der Waals surface area contributed by atoms with Crippen molar-refractivity contribution in [2.24, 2.45) is 5.73 Å². The van der Waals surface area contributed by atoms with E-state index in [9.17, 15) is 18.0 Å². The van der Waals surface area contributed by atoms with Crippen LogP contribution in [-0.4, -0.2) is 62.0 Å². The average molecular weight is 453 g/mol. The molecule has 2 aromatic rings. The van der Waals surface area contributed by atoms with Crippen molar-refractivity contribution in [2.45, 2.75) is 23.4 Å². The molecule has 3 rings (SSSR count).